The van der Waals surface area contributed by atoms with Crippen LogP contribution in [0.2, 0.25) is 0 Å². The van der Waals surface area contributed by atoms with E-state index in [-0.39, 0.29) is 0 Å². The average Bonchev–Trinajstić information content (AvgIpc) is 2.83. The third-order valence-electron chi connectivity index (χ3n) is 3.86. The van der Waals surface area contributed by atoms with Gasteiger partial charge in [-0.05, 0) is 32.9 Å². The van der Waals surface area contributed by atoms with E-state index >= 15 is 0 Å². The van der Waals surface area contributed by atoms with Crippen molar-refractivity contribution in [3.8, 4) is 0 Å². The van der Waals surface area contributed by atoms with Gasteiger partial charge in [-0.25, -0.2) is 0 Å². The van der Waals surface area contributed by atoms with Gasteiger partial charge in [0.25, 0.3) is 0 Å². The number of aryl methyl sites for hydroxylation is 1. The zero-order valence-corrected chi connectivity index (χ0v) is 10.2. The van der Waals surface area contributed by atoms with Gasteiger partial charge in [0.05, 0.1) is 5.69 Å². The molecule has 3 heterocycles. The number of hydrogen-bond acceptors (Lipinski definition) is 3. The van der Waals surface area contributed by atoms with Crippen LogP contribution >= 0.6 is 0 Å². The summed E-state index contributed by atoms with van der Waals surface area (Å²) >= 11 is 0. The zero-order valence-electron chi connectivity index (χ0n) is 10.2. The molecule has 0 amide bonds. The average molecular weight is 220 g/mol. The number of rotatable bonds is 1. The Morgan fingerprint density at radius 1 is 1.38 bits per heavy atom. The second-order valence-corrected chi connectivity index (χ2v) is 5.11. The number of likely N-dealkylation sites (N-methyl/N-ethyl adjacent to an activating group) is 1. The molecule has 2 aliphatic rings. The Morgan fingerprint density at radius 2 is 2.25 bits per heavy atom. The highest BCUT2D eigenvalue weighted by atomic mass is 15.3. The highest BCUT2D eigenvalue weighted by molar-refractivity contribution is 5.53. The molecule has 16 heavy (non-hydrogen) atoms. The van der Waals surface area contributed by atoms with Crippen molar-refractivity contribution in [3.63, 3.8) is 0 Å². The van der Waals surface area contributed by atoms with Crippen molar-refractivity contribution in [3.05, 3.63) is 11.3 Å². The van der Waals surface area contributed by atoms with Crippen molar-refractivity contribution in [1.29, 1.82) is 0 Å². The van der Waals surface area contributed by atoms with Crippen molar-refractivity contribution in [1.82, 2.24) is 14.7 Å². The first kappa shape index (κ1) is 10.1. The number of piperidine rings is 1. The molecule has 3 rings (SSSR count). The summed E-state index contributed by atoms with van der Waals surface area (Å²) in [4.78, 5) is 2.43. The van der Waals surface area contributed by atoms with Gasteiger partial charge in [-0.3, -0.25) is 4.68 Å². The summed E-state index contributed by atoms with van der Waals surface area (Å²) in [6.07, 6.45) is 3.76. The van der Waals surface area contributed by atoms with E-state index in [1.807, 2.05) is 11.7 Å². The number of fused-ring (bicyclic) bond motifs is 1. The molecule has 1 unspecified atom stereocenters. The summed E-state index contributed by atoms with van der Waals surface area (Å²) in [7, 11) is 4.26. The predicted octanol–water partition coefficient (Wildman–Crippen LogP) is 1.20. The van der Waals surface area contributed by atoms with E-state index in [1.54, 1.807) is 0 Å². The second kappa shape index (κ2) is 3.77. The maximum absolute atomic E-state index is 4.72. The fraction of sp³-hybridized carbons (Fsp3) is 0.750. The van der Waals surface area contributed by atoms with Crippen LogP contribution in [-0.2, 0) is 13.5 Å². The zero-order chi connectivity index (χ0) is 11.1. The van der Waals surface area contributed by atoms with E-state index in [0.717, 1.165) is 13.0 Å². The third-order valence-corrected chi connectivity index (χ3v) is 3.86. The van der Waals surface area contributed by atoms with Gasteiger partial charge in [0.15, 0.2) is 0 Å². The number of hydrogen-bond donors (Lipinski definition) is 1. The van der Waals surface area contributed by atoms with Crippen LogP contribution in [0.25, 0.3) is 0 Å². The van der Waals surface area contributed by atoms with Crippen LogP contribution < -0.4 is 5.32 Å². The number of likely N-dealkylation sites (tertiary alicyclic amines) is 1. The summed E-state index contributed by atoms with van der Waals surface area (Å²) in [5, 5.41) is 8.14. The summed E-state index contributed by atoms with van der Waals surface area (Å²) in [6.45, 7) is 3.49. The minimum Gasteiger partial charge on any atom is -0.370 e. The molecular weight excluding hydrogens is 200 g/mol. The fourth-order valence-corrected chi connectivity index (χ4v) is 3.08. The monoisotopic (exact) mass is 220 g/mol. The van der Waals surface area contributed by atoms with Gasteiger partial charge in [-0.15, -0.1) is 0 Å². The Labute approximate surface area is 96.6 Å². The lowest BCUT2D eigenvalue weighted by molar-refractivity contribution is 0.247. The standard InChI is InChI=1S/C12H20N4/c1-15-7-3-4-9(8-15)11-10-5-6-13-12(10)16(2)14-11/h9,13H,3-8H2,1-2H3. The lowest BCUT2D eigenvalue weighted by Gasteiger charge is -2.29. The topological polar surface area (TPSA) is 33.1 Å². The first-order chi connectivity index (χ1) is 7.75. The van der Waals surface area contributed by atoms with Crippen LogP contribution in [-0.4, -0.2) is 41.4 Å². The maximum Gasteiger partial charge on any atom is 0.127 e. The van der Waals surface area contributed by atoms with E-state index in [2.05, 4.69) is 17.3 Å². The van der Waals surface area contributed by atoms with Crippen LogP contribution in [0.3, 0.4) is 0 Å². The number of nitrogens with one attached hydrogen (secondary N) is 1. The molecule has 0 bridgehead atoms. The van der Waals surface area contributed by atoms with Gasteiger partial charge in [0.1, 0.15) is 5.82 Å². The van der Waals surface area contributed by atoms with Crippen LogP contribution in [0.1, 0.15) is 30.0 Å². The Kier molecular flexibility index (Phi) is 2.39. The highest BCUT2D eigenvalue weighted by Gasteiger charge is 2.28. The van der Waals surface area contributed by atoms with Gasteiger partial charge >= 0.3 is 0 Å². The summed E-state index contributed by atoms with van der Waals surface area (Å²) in [5.41, 5.74) is 2.83. The quantitative estimate of drug-likeness (QED) is 0.772. The smallest absolute Gasteiger partial charge is 0.127 e. The predicted molar refractivity (Wildman–Crippen MR) is 64.9 cm³/mol. The lowest BCUT2D eigenvalue weighted by atomic mass is 9.92. The normalized spacial score (nSPS) is 25.5. The Balaban J connectivity index is 1.91. The molecule has 1 N–H and O–H groups in total. The van der Waals surface area contributed by atoms with Crippen LogP contribution in [0, 0.1) is 0 Å². The molecule has 1 aromatic heterocycles. The number of nitrogens with zero attached hydrogens (tertiary/aromatic N) is 3. The van der Waals surface area contributed by atoms with Crippen LogP contribution in [0.4, 0.5) is 5.82 Å². The molecule has 0 saturated carbocycles. The minimum atomic E-state index is 0.647. The van der Waals surface area contributed by atoms with Gasteiger partial charge in [-0.1, -0.05) is 0 Å². The number of anilines is 1. The van der Waals surface area contributed by atoms with Crippen molar-refractivity contribution >= 4 is 5.82 Å². The van der Waals surface area contributed by atoms with Gasteiger partial charge in [-0.2, -0.15) is 5.10 Å². The Morgan fingerprint density at radius 3 is 3.06 bits per heavy atom. The Bertz CT molecular complexity index is 396. The van der Waals surface area contributed by atoms with Crippen molar-refractivity contribution in [2.45, 2.75) is 25.2 Å². The molecule has 1 saturated heterocycles. The molecule has 4 nitrogen and oxygen atoms in total. The largest absolute Gasteiger partial charge is 0.370 e. The van der Waals surface area contributed by atoms with Crippen molar-refractivity contribution in [2.75, 3.05) is 32.0 Å². The maximum atomic E-state index is 4.72. The summed E-state index contributed by atoms with van der Waals surface area (Å²) in [6, 6.07) is 0. The van der Waals surface area contributed by atoms with Gasteiger partial charge in [0, 0.05) is 31.6 Å². The SMILES string of the molecule is CN1CCCC(c2nn(C)c3c2CCN3)C1. The molecule has 88 valence electrons. The van der Waals surface area contributed by atoms with E-state index < -0.39 is 0 Å². The van der Waals surface area contributed by atoms with Gasteiger partial charge < -0.3 is 10.2 Å². The van der Waals surface area contributed by atoms with E-state index in [4.69, 9.17) is 5.10 Å². The van der Waals surface area contributed by atoms with Crippen LogP contribution in [0.15, 0.2) is 0 Å². The lowest BCUT2D eigenvalue weighted by Crippen LogP contribution is -2.31. The minimum absolute atomic E-state index is 0.647. The summed E-state index contributed by atoms with van der Waals surface area (Å²) in [5.74, 6) is 1.90. The molecule has 1 fully saturated rings. The fourth-order valence-electron chi connectivity index (χ4n) is 3.08. The third kappa shape index (κ3) is 1.52. The summed E-state index contributed by atoms with van der Waals surface area (Å²) < 4.78 is 2.02. The highest BCUT2D eigenvalue weighted by Crippen LogP contribution is 2.33. The molecular formula is C12H20N4. The first-order valence-electron chi connectivity index (χ1n) is 6.24. The van der Waals surface area contributed by atoms with E-state index in [9.17, 15) is 0 Å². The van der Waals surface area contributed by atoms with Crippen LogP contribution in [0.5, 0.6) is 0 Å². The first-order valence-corrected chi connectivity index (χ1v) is 6.24. The molecule has 0 aliphatic carbocycles. The second-order valence-electron chi connectivity index (χ2n) is 5.11. The molecule has 0 aromatic carbocycles. The van der Waals surface area contributed by atoms with E-state index in [1.165, 1.54) is 43.0 Å². The molecule has 1 atom stereocenters. The molecule has 0 spiro atoms. The molecule has 0 radical (unpaired) electrons. The number of aromatic nitrogens is 2. The van der Waals surface area contributed by atoms with E-state index in [0.29, 0.717) is 5.92 Å². The van der Waals surface area contributed by atoms with Gasteiger partial charge in [0.2, 0.25) is 0 Å². The Hall–Kier alpha value is -1.03. The molecule has 1 aromatic rings. The molecule has 2 aliphatic heterocycles. The molecule has 4 heteroatoms. The van der Waals surface area contributed by atoms with Crippen molar-refractivity contribution in [2.24, 2.45) is 7.05 Å². The van der Waals surface area contributed by atoms with Crippen molar-refractivity contribution < 1.29 is 0 Å².